The number of sulfone groups is 1. The Labute approximate surface area is 120 Å². The lowest BCUT2D eigenvalue weighted by Gasteiger charge is -2.16. The van der Waals surface area contributed by atoms with Gasteiger partial charge < -0.3 is 20.5 Å². The molecule has 7 heteroatoms. The highest BCUT2D eigenvalue weighted by Gasteiger charge is 2.10. The molecule has 3 N–H and O–H groups in total. The van der Waals surface area contributed by atoms with Crippen LogP contribution in [0.15, 0.2) is 18.2 Å². The summed E-state index contributed by atoms with van der Waals surface area (Å²) in [6.45, 7) is 0.470. The topological polar surface area (TPSA) is 90.6 Å². The third-order valence-electron chi connectivity index (χ3n) is 2.82. The zero-order valence-electron chi connectivity index (χ0n) is 12.0. The highest BCUT2D eigenvalue weighted by atomic mass is 32.2. The summed E-state index contributed by atoms with van der Waals surface area (Å²) < 4.78 is 32.5. The Morgan fingerprint density at radius 2 is 2.00 bits per heavy atom. The average Bonchev–Trinajstić information content (AvgIpc) is 2.41. The maximum absolute atomic E-state index is 11.1. The highest BCUT2D eigenvalue weighted by Crippen LogP contribution is 2.28. The van der Waals surface area contributed by atoms with Crippen LogP contribution in [0, 0.1) is 0 Å². The molecule has 1 atom stereocenters. The summed E-state index contributed by atoms with van der Waals surface area (Å²) >= 11 is 0. The quantitative estimate of drug-likeness (QED) is 0.741. The lowest BCUT2D eigenvalue weighted by atomic mass is 10.2. The maximum Gasteiger partial charge on any atom is 0.147 e. The van der Waals surface area contributed by atoms with E-state index in [4.69, 9.17) is 15.2 Å². The fourth-order valence-corrected chi connectivity index (χ4v) is 2.38. The van der Waals surface area contributed by atoms with Gasteiger partial charge in [0.05, 0.1) is 25.7 Å². The van der Waals surface area contributed by atoms with E-state index in [2.05, 4.69) is 5.32 Å². The molecule has 0 saturated heterocycles. The first-order chi connectivity index (χ1) is 9.35. The Morgan fingerprint density at radius 3 is 2.55 bits per heavy atom. The minimum absolute atomic E-state index is 0.0929. The second kappa shape index (κ2) is 7.35. The van der Waals surface area contributed by atoms with Crippen molar-refractivity contribution in [2.45, 2.75) is 12.5 Å². The number of nitrogens with two attached hydrogens (primary N) is 1. The molecule has 0 amide bonds. The molecule has 0 bridgehead atoms. The number of anilines is 1. The molecule has 1 aromatic rings. The van der Waals surface area contributed by atoms with Crippen molar-refractivity contribution in [3.05, 3.63) is 18.2 Å². The van der Waals surface area contributed by atoms with Crippen LogP contribution in [0.2, 0.25) is 0 Å². The van der Waals surface area contributed by atoms with Crippen LogP contribution in [0.1, 0.15) is 6.42 Å². The predicted octanol–water partition coefficient (Wildman–Crippen LogP) is 0.878. The zero-order valence-corrected chi connectivity index (χ0v) is 12.9. The summed E-state index contributed by atoms with van der Waals surface area (Å²) in [5.41, 5.74) is 6.68. The van der Waals surface area contributed by atoms with Gasteiger partial charge in [-0.3, -0.25) is 0 Å². The van der Waals surface area contributed by atoms with Crippen LogP contribution in [0.3, 0.4) is 0 Å². The first-order valence-corrected chi connectivity index (χ1v) is 8.31. The maximum atomic E-state index is 11.1. The van der Waals surface area contributed by atoms with Crippen LogP contribution < -0.4 is 20.5 Å². The molecule has 0 heterocycles. The molecule has 0 aliphatic carbocycles. The van der Waals surface area contributed by atoms with Crippen LogP contribution in [0.25, 0.3) is 0 Å². The molecule has 6 nitrogen and oxygen atoms in total. The molecule has 0 aliphatic rings. The van der Waals surface area contributed by atoms with Gasteiger partial charge in [-0.05, 0) is 18.6 Å². The summed E-state index contributed by atoms with van der Waals surface area (Å²) in [5, 5.41) is 3.15. The first kappa shape index (κ1) is 16.6. The Kier molecular flexibility index (Phi) is 6.09. The van der Waals surface area contributed by atoms with Crippen molar-refractivity contribution < 1.29 is 17.9 Å². The summed E-state index contributed by atoms with van der Waals surface area (Å²) in [6, 6.07) is 5.18. The Morgan fingerprint density at radius 1 is 1.30 bits per heavy atom. The van der Waals surface area contributed by atoms with Gasteiger partial charge in [0.1, 0.15) is 21.3 Å². The summed E-state index contributed by atoms with van der Waals surface area (Å²) in [4.78, 5) is 0. The van der Waals surface area contributed by atoms with Crippen molar-refractivity contribution in [2.75, 3.05) is 38.1 Å². The molecule has 0 saturated carbocycles. The van der Waals surface area contributed by atoms with E-state index in [0.717, 1.165) is 5.69 Å². The minimum Gasteiger partial charge on any atom is -0.497 e. The van der Waals surface area contributed by atoms with Crippen molar-refractivity contribution >= 4 is 15.5 Å². The van der Waals surface area contributed by atoms with Gasteiger partial charge >= 0.3 is 0 Å². The van der Waals surface area contributed by atoms with Crippen LogP contribution in [0.4, 0.5) is 5.69 Å². The monoisotopic (exact) mass is 302 g/mol. The van der Waals surface area contributed by atoms with Crippen molar-refractivity contribution in [3.63, 3.8) is 0 Å². The average molecular weight is 302 g/mol. The van der Waals surface area contributed by atoms with Crippen molar-refractivity contribution in [3.8, 4) is 11.5 Å². The molecule has 0 unspecified atom stereocenters. The number of nitrogens with one attached hydrogen (secondary N) is 1. The highest BCUT2D eigenvalue weighted by molar-refractivity contribution is 7.90. The second-order valence-corrected chi connectivity index (χ2v) is 6.89. The van der Waals surface area contributed by atoms with Gasteiger partial charge in [0.2, 0.25) is 0 Å². The lowest BCUT2D eigenvalue weighted by Crippen LogP contribution is -2.31. The molecule has 0 spiro atoms. The van der Waals surface area contributed by atoms with Crippen LogP contribution in [0.5, 0.6) is 11.5 Å². The van der Waals surface area contributed by atoms with Crippen molar-refractivity contribution in [1.82, 2.24) is 0 Å². The SMILES string of the molecule is COc1ccc(NC[C@@H](N)CCS(C)(=O)=O)c(OC)c1. The van der Waals surface area contributed by atoms with E-state index in [-0.39, 0.29) is 11.8 Å². The molecule has 0 aliphatic heterocycles. The van der Waals surface area contributed by atoms with Gasteiger partial charge in [-0.15, -0.1) is 0 Å². The number of benzene rings is 1. The van der Waals surface area contributed by atoms with E-state index in [1.165, 1.54) is 6.26 Å². The predicted molar refractivity (Wildman–Crippen MR) is 80.3 cm³/mol. The van der Waals surface area contributed by atoms with Crippen LogP contribution in [-0.2, 0) is 9.84 Å². The number of hydrogen-bond donors (Lipinski definition) is 2. The zero-order chi connectivity index (χ0) is 15.2. The summed E-state index contributed by atoms with van der Waals surface area (Å²) in [7, 11) is 0.186. The number of methoxy groups -OCH3 is 2. The molecule has 0 aromatic heterocycles. The number of hydrogen-bond acceptors (Lipinski definition) is 6. The fraction of sp³-hybridized carbons (Fsp3) is 0.538. The largest absolute Gasteiger partial charge is 0.497 e. The van der Waals surface area contributed by atoms with E-state index in [0.29, 0.717) is 24.5 Å². The van der Waals surface area contributed by atoms with Crippen molar-refractivity contribution in [2.24, 2.45) is 5.73 Å². The molecular formula is C13H22N2O4S. The van der Waals surface area contributed by atoms with Gasteiger partial charge in [0, 0.05) is 24.9 Å². The third kappa shape index (κ3) is 5.66. The molecule has 1 rings (SSSR count). The standard InChI is InChI=1S/C13H22N2O4S/c1-18-11-4-5-12(13(8-11)19-2)15-9-10(14)6-7-20(3,16)17/h4-5,8,10,15H,6-7,9,14H2,1-3H3/t10-/m0/s1. The second-order valence-electron chi connectivity index (χ2n) is 4.63. The Balaban J connectivity index is 2.56. The molecule has 0 radical (unpaired) electrons. The third-order valence-corrected chi connectivity index (χ3v) is 3.80. The smallest absolute Gasteiger partial charge is 0.147 e. The summed E-state index contributed by atoms with van der Waals surface area (Å²) in [5.74, 6) is 1.45. The van der Waals surface area contributed by atoms with Crippen LogP contribution in [-0.4, -0.2) is 47.2 Å². The van der Waals surface area contributed by atoms with Gasteiger partial charge in [-0.1, -0.05) is 0 Å². The first-order valence-electron chi connectivity index (χ1n) is 6.25. The lowest BCUT2D eigenvalue weighted by molar-refractivity contribution is 0.395. The van der Waals surface area contributed by atoms with E-state index in [9.17, 15) is 8.42 Å². The number of ether oxygens (including phenoxy) is 2. The van der Waals surface area contributed by atoms with E-state index < -0.39 is 9.84 Å². The fourth-order valence-electron chi connectivity index (χ4n) is 1.65. The van der Waals surface area contributed by atoms with E-state index in [1.807, 2.05) is 12.1 Å². The Bertz CT molecular complexity index is 531. The minimum atomic E-state index is -2.97. The summed E-state index contributed by atoms with van der Waals surface area (Å²) in [6.07, 6.45) is 1.63. The molecule has 1 aromatic carbocycles. The van der Waals surface area contributed by atoms with Crippen LogP contribution >= 0.6 is 0 Å². The van der Waals surface area contributed by atoms with E-state index >= 15 is 0 Å². The van der Waals surface area contributed by atoms with E-state index in [1.54, 1.807) is 20.3 Å². The van der Waals surface area contributed by atoms with Gasteiger partial charge in [0.25, 0.3) is 0 Å². The number of rotatable bonds is 8. The normalized spacial score (nSPS) is 12.8. The van der Waals surface area contributed by atoms with Gasteiger partial charge in [-0.25, -0.2) is 8.42 Å². The van der Waals surface area contributed by atoms with Gasteiger partial charge in [0.15, 0.2) is 0 Å². The molecule has 20 heavy (non-hydrogen) atoms. The van der Waals surface area contributed by atoms with Gasteiger partial charge in [-0.2, -0.15) is 0 Å². The molecular weight excluding hydrogens is 280 g/mol. The molecule has 114 valence electrons. The molecule has 0 fully saturated rings. The Hall–Kier alpha value is -1.47. The van der Waals surface area contributed by atoms with Crippen molar-refractivity contribution in [1.29, 1.82) is 0 Å².